The van der Waals surface area contributed by atoms with E-state index in [1.54, 1.807) is 0 Å². The van der Waals surface area contributed by atoms with Gasteiger partial charge in [0.1, 0.15) is 0 Å². The molecule has 2 aromatic rings. The van der Waals surface area contributed by atoms with Crippen molar-refractivity contribution in [2.75, 3.05) is 0 Å². The molecular weight excluding hydrogens is 212 g/mol. The fourth-order valence-corrected chi connectivity index (χ4v) is 2.20. The molecule has 0 aliphatic rings. The van der Waals surface area contributed by atoms with Crippen molar-refractivity contribution in [2.45, 2.75) is 13.8 Å². The summed E-state index contributed by atoms with van der Waals surface area (Å²) in [7, 11) is 0. The fraction of sp³-hybridized carbons (Fsp3) is 0.143. The molecule has 0 aliphatic carbocycles. The zero-order valence-corrected chi connectivity index (χ0v) is 12.7. The third-order valence-corrected chi connectivity index (χ3v) is 4.24. The Bertz CT molecular complexity index is 582. The topological polar surface area (TPSA) is 9.23 Å². The minimum atomic E-state index is 0.953. The molecule has 0 amide bonds. The SMILES string of the molecule is [Li][c]1c(C)ccc(Oc2ccc(C)[c]([Li])[c]2[Li])[c]1[Li]. The van der Waals surface area contributed by atoms with Crippen LogP contribution in [0.3, 0.4) is 0 Å². The number of aryl methyl sites for hydroxylation is 2. The molecule has 0 bridgehead atoms. The molecule has 0 unspecified atom stereocenters. The molecule has 0 N–H and O–H groups in total. The van der Waals surface area contributed by atoms with Gasteiger partial charge in [-0.05, 0) is 0 Å². The molecule has 1 nitrogen and oxygen atoms in total. The van der Waals surface area contributed by atoms with Gasteiger partial charge in [-0.25, -0.2) is 0 Å². The maximum absolute atomic E-state index is 6.11. The van der Waals surface area contributed by atoms with E-state index in [2.05, 4.69) is 109 Å². The third kappa shape index (κ3) is 3.45. The summed E-state index contributed by atoms with van der Waals surface area (Å²) in [4.78, 5) is 0. The second kappa shape index (κ2) is 6.60. The molecule has 0 saturated heterocycles. The van der Waals surface area contributed by atoms with Crippen molar-refractivity contribution in [1.29, 1.82) is 0 Å². The van der Waals surface area contributed by atoms with Gasteiger partial charge >= 0.3 is 153 Å². The average Bonchev–Trinajstić information content (AvgIpc) is 2.39. The first kappa shape index (κ1) is 16.0. The molecule has 0 spiro atoms. The van der Waals surface area contributed by atoms with Crippen molar-refractivity contribution >= 4 is 87.8 Å². The first-order valence-corrected chi connectivity index (χ1v) is 6.73. The first-order valence-electron chi connectivity index (χ1n) is 6.73. The van der Waals surface area contributed by atoms with Gasteiger partial charge in [0.05, 0.1) is 0 Å². The van der Waals surface area contributed by atoms with Crippen molar-refractivity contribution in [1.82, 2.24) is 0 Å². The number of ether oxygens (including phenoxy) is 1. The Kier molecular flexibility index (Phi) is 5.56. The van der Waals surface area contributed by atoms with E-state index >= 15 is 0 Å². The third-order valence-electron chi connectivity index (χ3n) is 4.24. The molecule has 2 rings (SSSR count). The Morgan fingerprint density at radius 1 is 0.632 bits per heavy atom. The van der Waals surface area contributed by atoms with Crippen LogP contribution in [-0.4, -0.2) is 70.9 Å². The standard InChI is InChI=1S/C14H10O.4Li/c1-11-3-7-13(8-4-11)15-14-9-5-12(2)6-10-14;;;;/h3,5,7,9H,1-2H3;;;;. The Morgan fingerprint density at radius 3 is 1.37 bits per heavy atom. The van der Waals surface area contributed by atoms with Crippen LogP contribution >= 0.6 is 0 Å². The monoisotopic (exact) mass is 222 g/mol. The van der Waals surface area contributed by atoms with Crippen LogP contribution in [0.1, 0.15) is 11.1 Å². The van der Waals surface area contributed by atoms with Crippen LogP contribution in [-0.2, 0) is 0 Å². The Balaban J connectivity index is 2.43. The Hall–Kier alpha value is 0.630. The van der Waals surface area contributed by atoms with Gasteiger partial charge in [0.2, 0.25) is 0 Å². The maximum atomic E-state index is 6.11. The zero-order chi connectivity index (χ0) is 14.2. The molecule has 5 heteroatoms. The van der Waals surface area contributed by atoms with E-state index in [4.69, 9.17) is 4.74 Å². The van der Waals surface area contributed by atoms with E-state index in [-0.39, 0.29) is 0 Å². The van der Waals surface area contributed by atoms with Gasteiger partial charge in [0.15, 0.2) is 0 Å². The molecule has 19 heavy (non-hydrogen) atoms. The van der Waals surface area contributed by atoms with Crippen LogP contribution in [0.25, 0.3) is 0 Å². The van der Waals surface area contributed by atoms with Crippen LogP contribution < -0.4 is 21.7 Å². The molecule has 0 saturated carbocycles. The van der Waals surface area contributed by atoms with E-state index in [1.807, 2.05) is 0 Å². The second-order valence-electron chi connectivity index (χ2n) is 5.36. The van der Waals surface area contributed by atoms with Crippen molar-refractivity contribution < 1.29 is 4.74 Å². The summed E-state index contributed by atoms with van der Waals surface area (Å²) in [6.07, 6.45) is 0. The van der Waals surface area contributed by atoms with Gasteiger partial charge in [-0.3, -0.25) is 0 Å². The molecular formula is C14H10Li4O. The summed E-state index contributed by atoms with van der Waals surface area (Å²) in [5, 5.41) is 0. The molecule has 0 fully saturated rings. The fourth-order valence-electron chi connectivity index (χ4n) is 2.20. The average molecular weight is 222 g/mol. The van der Waals surface area contributed by atoms with Crippen LogP contribution in [0.15, 0.2) is 24.3 Å². The predicted molar refractivity (Wildman–Crippen MR) is 84.0 cm³/mol. The molecule has 0 heterocycles. The van der Waals surface area contributed by atoms with Crippen LogP contribution in [0.5, 0.6) is 11.5 Å². The molecule has 0 aliphatic heterocycles. The quantitative estimate of drug-likeness (QED) is 0.609. The van der Waals surface area contributed by atoms with Gasteiger partial charge in [-0.2, -0.15) is 0 Å². The number of rotatable bonds is 2. The molecule has 0 atom stereocenters. The Labute approximate surface area is 152 Å². The van der Waals surface area contributed by atoms with Gasteiger partial charge in [0.25, 0.3) is 0 Å². The van der Waals surface area contributed by atoms with Crippen molar-refractivity contribution in [2.24, 2.45) is 0 Å². The van der Waals surface area contributed by atoms with Gasteiger partial charge in [-0.15, -0.1) is 0 Å². The summed E-state index contributed by atoms with van der Waals surface area (Å²) in [6, 6.07) is 8.36. The summed E-state index contributed by atoms with van der Waals surface area (Å²) in [5.74, 6) is 1.91. The van der Waals surface area contributed by atoms with Crippen molar-refractivity contribution in [3.05, 3.63) is 35.4 Å². The second-order valence-corrected chi connectivity index (χ2v) is 5.36. The van der Waals surface area contributed by atoms with Crippen LogP contribution in [0.2, 0.25) is 0 Å². The normalized spacial score (nSPS) is 10.8. The summed E-state index contributed by atoms with van der Waals surface area (Å²) >= 11 is 8.53. The molecule has 0 radical (unpaired) electrons. The molecule has 0 aromatic heterocycles. The first-order chi connectivity index (χ1) is 8.91. The Morgan fingerprint density at radius 2 is 1.00 bits per heavy atom. The van der Waals surface area contributed by atoms with E-state index in [0.29, 0.717) is 0 Å². The van der Waals surface area contributed by atoms with Crippen LogP contribution in [0.4, 0.5) is 0 Å². The molecule has 76 valence electrons. The van der Waals surface area contributed by atoms with Gasteiger partial charge < -0.3 is 0 Å². The summed E-state index contributed by atoms with van der Waals surface area (Å²) in [5.41, 5.74) is 2.61. The summed E-state index contributed by atoms with van der Waals surface area (Å²) < 4.78 is 11.2. The van der Waals surface area contributed by atoms with Gasteiger partial charge in [-0.1, -0.05) is 0 Å². The van der Waals surface area contributed by atoms with Crippen molar-refractivity contribution in [3.63, 3.8) is 0 Å². The van der Waals surface area contributed by atoms with E-state index in [9.17, 15) is 0 Å². The van der Waals surface area contributed by atoms with Crippen LogP contribution in [0, 0.1) is 13.8 Å². The molecule has 2 aromatic carbocycles. The predicted octanol–water partition coefficient (Wildman–Crippen LogP) is -0.729. The zero-order valence-electron chi connectivity index (χ0n) is 12.7. The van der Waals surface area contributed by atoms with E-state index in [1.165, 1.54) is 28.1 Å². The minimum absolute atomic E-state index is 0.953. The number of hydrogen-bond acceptors (Lipinski definition) is 1. The van der Waals surface area contributed by atoms with E-state index in [0.717, 1.165) is 11.5 Å². The summed E-state index contributed by atoms with van der Waals surface area (Å²) in [6.45, 7) is 4.26. The number of benzene rings is 2. The number of hydrogen-bond donors (Lipinski definition) is 0. The van der Waals surface area contributed by atoms with E-state index < -0.39 is 0 Å². The van der Waals surface area contributed by atoms with Crippen molar-refractivity contribution in [3.8, 4) is 11.5 Å². The van der Waals surface area contributed by atoms with Gasteiger partial charge in [0, 0.05) is 0 Å².